The fourth-order valence-electron chi connectivity index (χ4n) is 5.61. The van der Waals surface area contributed by atoms with Crippen LogP contribution in [0.5, 0.6) is 0 Å². The van der Waals surface area contributed by atoms with Crippen LogP contribution in [0, 0.1) is 0 Å². The maximum Gasteiger partial charge on any atom is 0.320 e. The zero-order valence-electron chi connectivity index (χ0n) is 26.3. The van der Waals surface area contributed by atoms with Crippen molar-refractivity contribution < 1.29 is 79.2 Å². The van der Waals surface area contributed by atoms with Crippen LogP contribution in [0.3, 0.4) is 0 Å². The second-order valence-electron chi connectivity index (χ2n) is 11.3. The Morgan fingerprint density at radius 3 is 0.583 bits per heavy atom. The van der Waals surface area contributed by atoms with E-state index in [9.17, 15) is 79.2 Å². The van der Waals surface area contributed by atoms with Crippen molar-refractivity contribution in [2.24, 2.45) is 0 Å². The average Bonchev–Trinajstić information content (AvgIpc) is 2.95. The van der Waals surface area contributed by atoms with Crippen molar-refractivity contribution in [3.8, 4) is 0 Å². The Bertz CT molecular complexity index is 974. The normalized spacial score (nSPS) is 18.7. The Morgan fingerprint density at radius 1 is 0.333 bits per heavy atom. The molecule has 8 N–H and O–H groups in total. The molecule has 1 aliphatic rings. The van der Waals surface area contributed by atoms with Gasteiger partial charge >= 0.3 is 47.8 Å². The molecule has 48 heavy (non-hydrogen) atoms. The first-order chi connectivity index (χ1) is 22.4. The molecule has 0 aromatic heterocycles. The van der Waals surface area contributed by atoms with Gasteiger partial charge in [-0.2, -0.15) is 0 Å². The molecule has 0 unspecified atom stereocenters. The summed E-state index contributed by atoms with van der Waals surface area (Å²) in [6.07, 6.45) is -3.66. The number of hydrogen-bond acceptors (Lipinski definition) is 12. The van der Waals surface area contributed by atoms with Gasteiger partial charge in [0.05, 0.1) is 0 Å². The van der Waals surface area contributed by atoms with Crippen LogP contribution >= 0.6 is 0 Å². The molecule has 1 aliphatic heterocycles. The third-order valence-electron chi connectivity index (χ3n) is 8.13. The number of carboxylic acid groups (broad SMARTS) is 8. The van der Waals surface area contributed by atoms with Gasteiger partial charge in [0.2, 0.25) is 0 Å². The first kappa shape index (κ1) is 41.6. The smallest absolute Gasteiger partial charge is 0.320 e. The first-order valence-electron chi connectivity index (χ1n) is 15.2. The van der Waals surface area contributed by atoms with Crippen LogP contribution in [0.15, 0.2) is 0 Å². The molecule has 20 nitrogen and oxygen atoms in total. The number of carboxylic acids is 8. The van der Waals surface area contributed by atoms with Gasteiger partial charge < -0.3 is 40.9 Å². The minimum Gasteiger partial charge on any atom is -0.481 e. The summed E-state index contributed by atoms with van der Waals surface area (Å²) >= 11 is 0. The van der Waals surface area contributed by atoms with Gasteiger partial charge in [-0.3, -0.25) is 58.0 Å². The predicted molar refractivity (Wildman–Crippen MR) is 159 cm³/mol. The molecule has 0 aromatic carbocycles. The fraction of sp³-hybridized carbons (Fsp3) is 0.714. The van der Waals surface area contributed by atoms with E-state index in [0.717, 1.165) is 0 Å². The molecule has 1 fully saturated rings. The van der Waals surface area contributed by atoms with Gasteiger partial charge in [0, 0.05) is 78.0 Å². The largest absolute Gasteiger partial charge is 0.481 e. The van der Waals surface area contributed by atoms with Crippen molar-refractivity contribution in [1.29, 1.82) is 0 Å². The molecule has 1 heterocycles. The van der Waals surface area contributed by atoms with Crippen molar-refractivity contribution in [1.82, 2.24) is 19.6 Å². The quantitative estimate of drug-likeness (QED) is 0.0718. The minimum absolute atomic E-state index is 0.213. The maximum absolute atomic E-state index is 12.3. The zero-order valence-corrected chi connectivity index (χ0v) is 26.3. The lowest BCUT2D eigenvalue weighted by molar-refractivity contribution is -0.149. The van der Waals surface area contributed by atoms with Gasteiger partial charge in [0.25, 0.3) is 0 Å². The summed E-state index contributed by atoms with van der Waals surface area (Å²) < 4.78 is 0. The highest BCUT2D eigenvalue weighted by molar-refractivity contribution is 5.77. The molecule has 272 valence electrons. The van der Waals surface area contributed by atoms with Crippen LogP contribution in [0.2, 0.25) is 0 Å². The Hall–Kier alpha value is -4.40. The SMILES string of the molecule is O=C(O)CC[C@@H](C(=O)O)N1CCN([C@@H](CCC(=O)O)C(=O)O)CCN([C@@H](CCC(=O)O)C(=O)O)CCN([C@@H](CCC(=O)O)C(=O)O)CC1. The third kappa shape index (κ3) is 15.0. The van der Waals surface area contributed by atoms with Crippen molar-refractivity contribution in [3.05, 3.63) is 0 Å². The van der Waals surface area contributed by atoms with E-state index in [1.807, 2.05) is 0 Å². The maximum atomic E-state index is 12.3. The van der Waals surface area contributed by atoms with Crippen LogP contribution < -0.4 is 0 Å². The van der Waals surface area contributed by atoms with Crippen molar-refractivity contribution in [3.63, 3.8) is 0 Å². The molecule has 1 saturated heterocycles. The summed E-state index contributed by atoms with van der Waals surface area (Å²) in [6, 6.07) is -5.66. The Labute approximate surface area is 274 Å². The molecule has 0 radical (unpaired) electrons. The predicted octanol–water partition coefficient (Wildman–Crippen LogP) is -1.52. The minimum atomic E-state index is -1.42. The summed E-state index contributed by atoms with van der Waals surface area (Å²) in [5.74, 6) is -10.8. The van der Waals surface area contributed by atoms with Gasteiger partial charge in [-0.15, -0.1) is 0 Å². The van der Waals surface area contributed by atoms with Crippen molar-refractivity contribution >= 4 is 47.8 Å². The summed E-state index contributed by atoms with van der Waals surface area (Å²) in [7, 11) is 0. The summed E-state index contributed by atoms with van der Waals surface area (Å²) in [4.78, 5) is 99.7. The summed E-state index contributed by atoms with van der Waals surface area (Å²) in [5, 5.41) is 76.8. The van der Waals surface area contributed by atoms with Gasteiger partial charge in [-0.25, -0.2) is 0 Å². The first-order valence-corrected chi connectivity index (χ1v) is 15.2. The molecule has 0 amide bonds. The van der Waals surface area contributed by atoms with E-state index in [1.54, 1.807) is 0 Å². The Kier molecular flexibility index (Phi) is 18.0. The zero-order chi connectivity index (χ0) is 36.6. The van der Waals surface area contributed by atoms with Crippen LogP contribution in [0.4, 0.5) is 0 Å². The van der Waals surface area contributed by atoms with E-state index in [0.29, 0.717) is 0 Å². The molecule has 20 heteroatoms. The topological polar surface area (TPSA) is 311 Å². The van der Waals surface area contributed by atoms with Crippen molar-refractivity contribution in [2.75, 3.05) is 52.4 Å². The molecular weight excluding hydrogens is 648 g/mol. The van der Waals surface area contributed by atoms with E-state index >= 15 is 0 Å². The molecule has 4 atom stereocenters. The van der Waals surface area contributed by atoms with Crippen LogP contribution in [0.25, 0.3) is 0 Å². The number of carbonyl (C=O) groups is 8. The van der Waals surface area contributed by atoms with E-state index in [-0.39, 0.29) is 78.0 Å². The van der Waals surface area contributed by atoms with Gasteiger partial charge in [-0.1, -0.05) is 0 Å². The number of nitrogens with zero attached hydrogens (tertiary/aromatic N) is 4. The standard InChI is InChI=1S/C28H44N4O16/c33-21(34)5-1-17(25(41)42)29-9-11-30(18(26(43)44)2-6-22(35)36)13-15-32(20(28(47)48)4-8-24(39)40)16-14-31(12-10-29)19(27(45)46)3-7-23(37)38/h17-20H,1-16H2,(H,33,34)(H,35,36)(H,37,38)(H,39,40)(H,41,42)(H,43,44)(H,45,46)(H,47,48)/t17-,18-,19-,20-/m0/s1. The molecule has 0 aliphatic carbocycles. The van der Waals surface area contributed by atoms with Crippen molar-refractivity contribution in [2.45, 2.75) is 75.5 Å². The molecule has 0 spiro atoms. The van der Waals surface area contributed by atoms with E-state index in [4.69, 9.17) is 0 Å². The van der Waals surface area contributed by atoms with Crippen LogP contribution in [-0.2, 0) is 38.4 Å². The van der Waals surface area contributed by atoms with Crippen LogP contribution in [-0.4, -0.2) is 185 Å². The lowest BCUT2D eigenvalue weighted by Gasteiger charge is -2.39. The van der Waals surface area contributed by atoms with Gasteiger partial charge in [0.1, 0.15) is 24.2 Å². The lowest BCUT2D eigenvalue weighted by Crippen LogP contribution is -2.56. The number of rotatable bonds is 20. The molecule has 0 bridgehead atoms. The molecular formula is C28H44N4O16. The van der Waals surface area contributed by atoms with E-state index < -0.39 is 97.6 Å². The Balaban J connectivity index is 3.70. The lowest BCUT2D eigenvalue weighted by atomic mass is 10.1. The van der Waals surface area contributed by atoms with E-state index in [2.05, 4.69) is 0 Å². The second kappa shape index (κ2) is 20.8. The average molecular weight is 693 g/mol. The summed E-state index contributed by atoms with van der Waals surface area (Å²) in [5.41, 5.74) is 0. The molecule has 0 saturated carbocycles. The monoisotopic (exact) mass is 692 g/mol. The molecule has 1 rings (SSSR count). The molecule has 0 aromatic rings. The van der Waals surface area contributed by atoms with Crippen LogP contribution in [0.1, 0.15) is 51.4 Å². The second-order valence-corrected chi connectivity index (χ2v) is 11.3. The highest BCUT2D eigenvalue weighted by Gasteiger charge is 2.35. The Morgan fingerprint density at radius 2 is 0.479 bits per heavy atom. The highest BCUT2D eigenvalue weighted by Crippen LogP contribution is 2.17. The van der Waals surface area contributed by atoms with Gasteiger partial charge in [-0.05, 0) is 25.7 Å². The van der Waals surface area contributed by atoms with Gasteiger partial charge in [0.15, 0.2) is 0 Å². The van der Waals surface area contributed by atoms with E-state index in [1.165, 1.54) is 19.6 Å². The highest BCUT2D eigenvalue weighted by atomic mass is 16.4. The third-order valence-corrected chi connectivity index (χ3v) is 8.13. The number of hydrogen-bond donors (Lipinski definition) is 8. The number of aliphatic carboxylic acids is 8. The fourth-order valence-corrected chi connectivity index (χ4v) is 5.61. The summed E-state index contributed by atoms with van der Waals surface area (Å²) in [6.45, 7) is -1.70.